The van der Waals surface area contributed by atoms with Crippen molar-refractivity contribution in [2.24, 2.45) is 7.05 Å². The van der Waals surface area contributed by atoms with E-state index >= 15 is 0 Å². The topological polar surface area (TPSA) is 37.7 Å². The molecule has 1 fully saturated rings. The molecule has 6 rings (SSSR count). The zero-order valence-corrected chi connectivity index (χ0v) is 20.6. The summed E-state index contributed by atoms with van der Waals surface area (Å²) in [7, 11) is 3.69. The van der Waals surface area contributed by atoms with E-state index in [-0.39, 0.29) is 5.78 Å². The Bertz CT molecular complexity index is 1380. The van der Waals surface area contributed by atoms with Crippen LogP contribution < -0.4 is 4.74 Å². The number of rotatable bonds is 5. The minimum Gasteiger partial charge on any atom is -0.497 e. The van der Waals surface area contributed by atoms with Gasteiger partial charge in [0.2, 0.25) is 0 Å². The van der Waals surface area contributed by atoms with Crippen molar-refractivity contribution in [2.75, 3.05) is 39.8 Å². The number of aromatic nitrogens is 1. The second-order valence-corrected chi connectivity index (χ2v) is 9.71. The first-order valence-electron chi connectivity index (χ1n) is 12.4. The van der Waals surface area contributed by atoms with Crippen LogP contribution in [0.3, 0.4) is 0 Å². The molecule has 1 aromatic heterocycles. The Hall–Kier alpha value is -3.41. The first kappa shape index (κ1) is 22.1. The van der Waals surface area contributed by atoms with Gasteiger partial charge in [0.1, 0.15) is 5.75 Å². The van der Waals surface area contributed by atoms with E-state index in [0.717, 1.165) is 54.1 Å². The molecular formula is C30H31N3O2. The number of carbonyl (C=O) groups is 1. The average Bonchev–Trinajstić information content (AvgIpc) is 3.35. The van der Waals surface area contributed by atoms with E-state index in [1.807, 2.05) is 32.2 Å². The number of nitrogens with zero attached hydrogens (tertiary/aromatic N) is 3. The fourth-order valence-electron chi connectivity index (χ4n) is 6.01. The van der Waals surface area contributed by atoms with Crippen LogP contribution in [-0.2, 0) is 7.05 Å². The number of methoxy groups -OCH3 is 1. The summed E-state index contributed by atoms with van der Waals surface area (Å²) in [4.78, 5) is 18.4. The summed E-state index contributed by atoms with van der Waals surface area (Å²) in [5.41, 5.74) is 8.41. The number of Topliss-reactive ketones (excluding diaryl/α,β-unsaturated/α-hetero) is 1. The van der Waals surface area contributed by atoms with Crippen molar-refractivity contribution in [2.45, 2.75) is 13.0 Å². The maximum Gasteiger partial charge on any atom is 0.179 e. The SMILES string of the molecule is COc1ccc2c(c1)c(C(=O)CN1CCN(C3c4ccccc4-c4ccccc43)CC1)c(C)n2C. The summed E-state index contributed by atoms with van der Waals surface area (Å²) in [6.45, 7) is 6.15. The van der Waals surface area contributed by atoms with Crippen molar-refractivity contribution < 1.29 is 9.53 Å². The molecule has 2 heterocycles. The van der Waals surface area contributed by atoms with Gasteiger partial charge in [-0.05, 0) is 47.4 Å². The van der Waals surface area contributed by atoms with Crippen LogP contribution in [0.2, 0.25) is 0 Å². The van der Waals surface area contributed by atoms with Gasteiger partial charge in [-0.15, -0.1) is 0 Å². The quantitative estimate of drug-likeness (QED) is 0.386. The fraction of sp³-hybridized carbons (Fsp3) is 0.300. The number of ketones is 1. The Labute approximate surface area is 206 Å². The molecule has 0 unspecified atom stereocenters. The van der Waals surface area contributed by atoms with Crippen molar-refractivity contribution >= 4 is 16.7 Å². The molecule has 3 aromatic carbocycles. The molecule has 5 heteroatoms. The number of carbonyl (C=O) groups excluding carboxylic acids is 1. The number of hydrogen-bond acceptors (Lipinski definition) is 4. The molecule has 0 atom stereocenters. The summed E-state index contributed by atoms with van der Waals surface area (Å²) in [5.74, 6) is 0.967. The zero-order valence-electron chi connectivity index (χ0n) is 20.6. The van der Waals surface area contributed by atoms with Gasteiger partial charge in [0, 0.05) is 55.4 Å². The third-order valence-electron chi connectivity index (χ3n) is 7.92. The highest BCUT2D eigenvalue weighted by atomic mass is 16.5. The molecule has 0 amide bonds. The molecule has 0 saturated carbocycles. The van der Waals surface area contributed by atoms with Crippen LogP contribution >= 0.6 is 0 Å². The Balaban J connectivity index is 1.20. The minimum absolute atomic E-state index is 0.186. The number of fused-ring (bicyclic) bond motifs is 4. The molecule has 1 saturated heterocycles. The van der Waals surface area contributed by atoms with Gasteiger partial charge in [0.25, 0.3) is 0 Å². The molecule has 1 aliphatic carbocycles. The molecule has 4 aromatic rings. The average molecular weight is 466 g/mol. The standard InChI is InChI=1S/C30H31N3O2/c1-20-29(26-18-21(35-3)12-13-27(26)31(20)2)28(34)19-32-14-16-33(17-15-32)30-24-10-6-4-8-22(24)23-9-5-7-11-25(23)30/h4-13,18,30H,14-17,19H2,1-3H3. The highest BCUT2D eigenvalue weighted by Gasteiger charge is 2.34. The van der Waals surface area contributed by atoms with Crippen LogP contribution in [0.5, 0.6) is 5.75 Å². The minimum atomic E-state index is 0.186. The lowest BCUT2D eigenvalue weighted by molar-refractivity contribution is 0.0812. The van der Waals surface area contributed by atoms with E-state index in [9.17, 15) is 4.79 Å². The zero-order chi connectivity index (χ0) is 24.1. The summed E-state index contributed by atoms with van der Waals surface area (Å²) in [6.07, 6.45) is 0. The van der Waals surface area contributed by atoms with Crippen LogP contribution in [0.4, 0.5) is 0 Å². The van der Waals surface area contributed by atoms with Gasteiger partial charge in [-0.1, -0.05) is 48.5 Å². The van der Waals surface area contributed by atoms with Gasteiger partial charge in [-0.3, -0.25) is 14.6 Å². The van der Waals surface area contributed by atoms with E-state index in [4.69, 9.17) is 4.74 Å². The Morgan fingerprint density at radius 1 is 0.914 bits per heavy atom. The van der Waals surface area contributed by atoms with Crippen LogP contribution in [0, 0.1) is 6.92 Å². The van der Waals surface area contributed by atoms with Crippen LogP contribution in [0.1, 0.15) is 33.2 Å². The number of piperazine rings is 1. The van der Waals surface area contributed by atoms with Crippen molar-refractivity contribution in [1.29, 1.82) is 0 Å². The predicted molar refractivity (Wildman–Crippen MR) is 140 cm³/mol. The van der Waals surface area contributed by atoms with Gasteiger partial charge in [0.05, 0.1) is 19.7 Å². The third-order valence-corrected chi connectivity index (χ3v) is 7.92. The molecule has 0 N–H and O–H groups in total. The van der Waals surface area contributed by atoms with Crippen molar-refractivity contribution in [1.82, 2.24) is 14.4 Å². The van der Waals surface area contributed by atoms with Gasteiger partial charge >= 0.3 is 0 Å². The van der Waals surface area contributed by atoms with Gasteiger partial charge in [-0.25, -0.2) is 0 Å². The van der Waals surface area contributed by atoms with E-state index in [1.165, 1.54) is 22.3 Å². The normalized spacial score (nSPS) is 16.4. The molecule has 1 aliphatic heterocycles. The van der Waals surface area contributed by atoms with Crippen molar-refractivity contribution in [3.05, 3.63) is 89.1 Å². The van der Waals surface area contributed by atoms with Gasteiger partial charge in [-0.2, -0.15) is 0 Å². The maximum absolute atomic E-state index is 13.5. The summed E-state index contributed by atoms with van der Waals surface area (Å²) >= 11 is 0. The number of hydrogen-bond donors (Lipinski definition) is 0. The van der Waals surface area contributed by atoms with Crippen LogP contribution in [-0.4, -0.2) is 60.0 Å². The molecule has 35 heavy (non-hydrogen) atoms. The summed E-state index contributed by atoms with van der Waals surface area (Å²) < 4.78 is 7.54. The molecule has 0 radical (unpaired) electrons. The number of ether oxygens (including phenoxy) is 1. The molecule has 5 nitrogen and oxygen atoms in total. The van der Waals surface area contributed by atoms with E-state index < -0.39 is 0 Å². The largest absolute Gasteiger partial charge is 0.497 e. The Morgan fingerprint density at radius 2 is 1.54 bits per heavy atom. The first-order chi connectivity index (χ1) is 17.1. The monoisotopic (exact) mass is 465 g/mol. The van der Waals surface area contributed by atoms with E-state index in [2.05, 4.69) is 62.9 Å². The molecule has 2 aliphatic rings. The molecule has 0 bridgehead atoms. The Kier molecular flexibility index (Phi) is 5.47. The summed E-state index contributed by atoms with van der Waals surface area (Å²) in [6, 6.07) is 23.9. The van der Waals surface area contributed by atoms with Crippen LogP contribution in [0.15, 0.2) is 66.7 Å². The smallest absolute Gasteiger partial charge is 0.179 e. The second-order valence-electron chi connectivity index (χ2n) is 9.71. The lowest BCUT2D eigenvalue weighted by atomic mass is 10.0. The predicted octanol–water partition coefficient (Wildman–Crippen LogP) is 5.07. The Morgan fingerprint density at radius 3 is 2.17 bits per heavy atom. The van der Waals surface area contributed by atoms with Crippen molar-refractivity contribution in [3.8, 4) is 16.9 Å². The second kappa shape index (κ2) is 8.67. The fourth-order valence-corrected chi connectivity index (χ4v) is 6.01. The number of benzene rings is 3. The van der Waals surface area contributed by atoms with Crippen molar-refractivity contribution in [3.63, 3.8) is 0 Å². The lowest BCUT2D eigenvalue weighted by Crippen LogP contribution is -2.48. The lowest BCUT2D eigenvalue weighted by Gasteiger charge is -2.38. The van der Waals surface area contributed by atoms with Gasteiger partial charge in [0.15, 0.2) is 5.78 Å². The maximum atomic E-state index is 13.5. The first-order valence-corrected chi connectivity index (χ1v) is 12.4. The van der Waals surface area contributed by atoms with Gasteiger partial charge < -0.3 is 9.30 Å². The molecular weight excluding hydrogens is 434 g/mol. The molecule has 0 spiro atoms. The third kappa shape index (κ3) is 3.58. The summed E-state index contributed by atoms with van der Waals surface area (Å²) in [5, 5.41) is 0.979. The van der Waals surface area contributed by atoms with Crippen LogP contribution in [0.25, 0.3) is 22.0 Å². The van der Waals surface area contributed by atoms with E-state index in [1.54, 1.807) is 7.11 Å². The van der Waals surface area contributed by atoms with E-state index in [0.29, 0.717) is 12.6 Å². The highest BCUT2D eigenvalue weighted by Crippen LogP contribution is 2.46. The highest BCUT2D eigenvalue weighted by molar-refractivity contribution is 6.10. The number of aryl methyl sites for hydroxylation is 1. The molecule has 178 valence electrons.